The van der Waals surface area contributed by atoms with Crippen molar-refractivity contribution in [3.05, 3.63) is 29.3 Å². The number of fused-ring (bicyclic) bond motifs is 1. The van der Waals surface area contributed by atoms with Crippen molar-refractivity contribution in [1.82, 2.24) is 0 Å². The number of rotatable bonds is 1. The third kappa shape index (κ3) is 1.48. The van der Waals surface area contributed by atoms with E-state index in [1.54, 1.807) is 25.1 Å². The van der Waals surface area contributed by atoms with Gasteiger partial charge in [-0.1, -0.05) is 6.07 Å². The van der Waals surface area contributed by atoms with Crippen LogP contribution in [-0.2, 0) is 16.6 Å². The van der Waals surface area contributed by atoms with Crippen LogP contribution in [0.4, 0.5) is 0 Å². The molecule has 0 aliphatic heterocycles. The summed E-state index contributed by atoms with van der Waals surface area (Å²) in [7, 11) is 0. The standard InChI is InChI=1S/C12H14O3/c1-12(11(14)15)6-2-3-8-7-9(13)4-5-10(8)12/h4-5,7,13H,2-3,6H2,1H3,(H,14,15). The molecule has 0 bridgehead atoms. The molecule has 1 unspecified atom stereocenters. The number of carboxylic acid groups (broad SMARTS) is 1. The van der Waals surface area contributed by atoms with Gasteiger partial charge < -0.3 is 10.2 Å². The van der Waals surface area contributed by atoms with Gasteiger partial charge in [-0.05, 0) is 49.4 Å². The average molecular weight is 206 g/mol. The lowest BCUT2D eigenvalue weighted by molar-refractivity contribution is -0.143. The number of carboxylic acids is 1. The molecule has 1 aliphatic carbocycles. The van der Waals surface area contributed by atoms with Gasteiger partial charge in [-0.2, -0.15) is 0 Å². The highest BCUT2D eigenvalue weighted by Gasteiger charge is 2.38. The first-order valence-corrected chi connectivity index (χ1v) is 5.10. The van der Waals surface area contributed by atoms with Crippen molar-refractivity contribution < 1.29 is 15.0 Å². The molecule has 80 valence electrons. The first-order chi connectivity index (χ1) is 7.04. The molecule has 2 rings (SSSR count). The Bertz CT molecular complexity index is 411. The van der Waals surface area contributed by atoms with Gasteiger partial charge in [0.25, 0.3) is 0 Å². The van der Waals surface area contributed by atoms with Gasteiger partial charge in [0.2, 0.25) is 0 Å². The monoisotopic (exact) mass is 206 g/mol. The third-order valence-corrected chi connectivity index (χ3v) is 3.28. The van der Waals surface area contributed by atoms with E-state index in [0.717, 1.165) is 24.0 Å². The number of benzene rings is 1. The van der Waals surface area contributed by atoms with Crippen LogP contribution in [0.2, 0.25) is 0 Å². The minimum atomic E-state index is -0.790. The molecule has 1 aliphatic rings. The molecule has 0 saturated carbocycles. The summed E-state index contributed by atoms with van der Waals surface area (Å²) >= 11 is 0. The smallest absolute Gasteiger partial charge is 0.313 e. The molecule has 0 aromatic heterocycles. The van der Waals surface area contributed by atoms with E-state index in [1.165, 1.54) is 0 Å². The summed E-state index contributed by atoms with van der Waals surface area (Å²) in [5.74, 6) is -0.572. The van der Waals surface area contributed by atoms with E-state index in [1.807, 2.05) is 0 Å². The van der Waals surface area contributed by atoms with Crippen molar-refractivity contribution in [3.8, 4) is 5.75 Å². The maximum atomic E-state index is 11.3. The molecule has 3 nitrogen and oxygen atoms in total. The second kappa shape index (κ2) is 3.26. The van der Waals surface area contributed by atoms with Crippen molar-refractivity contribution >= 4 is 5.97 Å². The van der Waals surface area contributed by atoms with Crippen LogP contribution in [0.3, 0.4) is 0 Å². The molecule has 0 spiro atoms. The van der Waals surface area contributed by atoms with Crippen LogP contribution in [0.5, 0.6) is 5.75 Å². The molecule has 3 heteroatoms. The summed E-state index contributed by atoms with van der Waals surface area (Å²) in [5, 5.41) is 18.6. The van der Waals surface area contributed by atoms with E-state index in [9.17, 15) is 15.0 Å². The van der Waals surface area contributed by atoms with Crippen LogP contribution in [0.25, 0.3) is 0 Å². The molecule has 0 fully saturated rings. The van der Waals surface area contributed by atoms with Crippen LogP contribution in [0.15, 0.2) is 18.2 Å². The third-order valence-electron chi connectivity index (χ3n) is 3.28. The van der Waals surface area contributed by atoms with Crippen molar-refractivity contribution in [1.29, 1.82) is 0 Å². The quantitative estimate of drug-likeness (QED) is 0.739. The summed E-state index contributed by atoms with van der Waals surface area (Å²) in [4.78, 5) is 11.3. The molecule has 15 heavy (non-hydrogen) atoms. The number of carbonyl (C=O) groups is 1. The van der Waals surface area contributed by atoms with Crippen molar-refractivity contribution in [2.45, 2.75) is 31.6 Å². The van der Waals surface area contributed by atoms with Gasteiger partial charge in [-0.15, -0.1) is 0 Å². The molecule has 1 atom stereocenters. The number of hydrogen-bond donors (Lipinski definition) is 2. The van der Waals surface area contributed by atoms with E-state index >= 15 is 0 Å². The Kier molecular flexibility index (Phi) is 2.18. The minimum absolute atomic E-state index is 0.211. The maximum absolute atomic E-state index is 11.3. The minimum Gasteiger partial charge on any atom is -0.508 e. The van der Waals surface area contributed by atoms with Crippen LogP contribution < -0.4 is 0 Å². The van der Waals surface area contributed by atoms with Gasteiger partial charge in [-0.3, -0.25) is 4.79 Å². The van der Waals surface area contributed by atoms with Gasteiger partial charge in [0.1, 0.15) is 5.75 Å². The van der Waals surface area contributed by atoms with Gasteiger partial charge in [0.05, 0.1) is 5.41 Å². The van der Waals surface area contributed by atoms with E-state index in [4.69, 9.17) is 0 Å². The summed E-state index contributed by atoms with van der Waals surface area (Å²) in [5.41, 5.74) is 1.02. The van der Waals surface area contributed by atoms with Gasteiger partial charge >= 0.3 is 5.97 Å². The fourth-order valence-electron chi connectivity index (χ4n) is 2.31. The number of phenols is 1. The maximum Gasteiger partial charge on any atom is 0.313 e. The van der Waals surface area contributed by atoms with Crippen LogP contribution in [0.1, 0.15) is 30.9 Å². The van der Waals surface area contributed by atoms with Crippen LogP contribution >= 0.6 is 0 Å². The van der Waals surface area contributed by atoms with Crippen LogP contribution in [0, 0.1) is 0 Å². The molecule has 1 aromatic carbocycles. The van der Waals surface area contributed by atoms with Crippen molar-refractivity contribution in [3.63, 3.8) is 0 Å². The average Bonchev–Trinajstić information content (AvgIpc) is 2.17. The van der Waals surface area contributed by atoms with Gasteiger partial charge in [0, 0.05) is 0 Å². The lowest BCUT2D eigenvalue weighted by Gasteiger charge is -2.32. The van der Waals surface area contributed by atoms with E-state index < -0.39 is 11.4 Å². The SMILES string of the molecule is CC1(C(=O)O)CCCc2cc(O)ccc21. The van der Waals surface area contributed by atoms with Crippen molar-refractivity contribution in [2.75, 3.05) is 0 Å². The normalized spacial score (nSPS) is 24.6. The second-order valence-electron chi connectivity index (χ2n) is 4.33. The number of phenolic OH excluding ortho intramolecular Hbond substituents is 1. The first-order valence-electron chi connectivity index (χ1n) is 5.10. The number of aromatic hydroxyl groups is 1. The fraction of sp³-hybridized carbons (Fsp3) is 0.417. The fourth-order valence-corrected chi connectivity index (χ4v) is 2.31. The molecular formula is C12H14O3. The van der Waals surface area contributed by atoms with E-state index in [0.29, 0.717) is 6.42 Å². The highest BCUT2D eigenvalue weighted by atomic mass is 16.4. The number of aliphatic carboxylic acids is 1. The molecule has 2 N–H and O–H groups in total. The number of aryl methyl sites for hydroxylation is 1. The predicted octanol–water partition coefficient (Wildman–Crippen LogP) is 2.07. The Hall–Kier alpha value is -1.51. The van der Waals surface area contributed by atoms with E-state index in [2.05, 4.69) is 0 Å². The van der Waals surface area contributed by atoms with E-state index in [-0.39, 0.29) is 5.75 Å². The Morgan fingerprint density at radius 3 is 2.87 bits per heavy atom. The summed E-state index contributed by atoms with van der Waals surface area (Å²) < 4.78 is 0. The molecule has 0 heterocycles. The van der Waals surface area contributed by atoms with Crippen LogP contribution in [-0.4, -0.2) is 16.2 Å². The predicted molar refractivity (Wildman–Crippen MR) is 56.0 cm³/mol. The highest BCUT2D eigenvalue weighted by molar-refractivity contribution is 5.82. The zero-order valence-electron chi connectivity index (χ0n) is 8.66. The van der Waals surface area contributed by atoms with Gasteiger partial charge in [0.15, 0.2) is 0 Å². The Labute approximate surface area is 88.4 Å². The topological polar surface area (TPSA) is 57.5 Å². The first kappa shape index (κ1) is 10.0. The molecule has 0 saturated heterocycles. The summed E-state index contributed by atoms with van der Waals surface area (Å²) in [6, 6.07) is 4.97. The largest absolute Gasteiger partial charge is 0.508 e. The van der Waals surface area contributed by atoms with Gasteiger partial charge in [-0.25, -0.2) is 0 Å². The van der Waals surface area contributed by atoms with Crippen molar-refractivity contribution in [2.24, 2.45) is 0 Å². The Morgan fingerprint density at radius 2 is 2.20 bits per heavy atom. The lowest BCUT2D eigenvalue weighted by Crippen LogP contribution is -2.35. The molecule has 1 aromatic rings. The Morgan fingerprint density at radius 1 is 1.47 bits per heavy atom. The molecule has 0 amide bonds. The number of hydrogen-bond acceptors (Lipinski definition) is 2. The highest BCUT2D eigenvalue weighted by Crippen LogP contribution is 2.38. The second-order valence-corrected chi connectivity index (χ2v) is 4.33. The zero-order valence-corrected chi connectivity index (χ0v) is 8.66. The lowest BCUT2D eigenvalue weighted by atomic mass is 9.71. The summed E-state index contributed by atoms with van der Waals surface area (Å²) in [6.45, 7) is 1.75. The molecular weight excluding hydrogens is 192 g/mol. The molecule has 0 radical (unpaired) electrons. The summed E-state index contributed by atoms with van der Waals surface area (Å²) in [6.07, 6.45) is 2.38. The Balaban J connectivity index is 2.56. The zero-order chi connectivity index (χ0) is 11.1.